The molecule has 0 saturated heterocycles. The molecule has 2 N–H and O–H groups in total. The second-order valence-corrected chi connectivity index (χ2v) is 5.34. The van der Waals surface area contributed by atoms with Gasteiger partial charge in [-0.1, -0.05) is 12.1 Å². The van der Waals surface area contributed by atoms with Crippen LogP contribution in [0.1, 0.15) is 16.8 Å². The lowest BCUT2D eigenvalue weighted by Crippen LogP contribution is -2.19. The Morgan fingerprint density at radius 2 is 2.00 bits per heavy atom. The minimum atomic E-state index is -0.156. The molecule has 8 heteroatoms. The van der Waals surface area contributed by atoms with Crippen molar-refractivity contribution in [2.45, 2.75) is 20.4 Å². The lowest BCUT2D eigenvalue weighted by atomic mass is 10.2. The van der Waals surface area contributed by atoms with Gasteiger partial charge in [0.1, 0.15) is 0 Å². The molecule has 3 aromatic rings. The van der Waals surface area contributed by atoms with E-state index in [1.165, 1.54) is 4.52 Å². The van der Waals surface area contributed by atoms with Gasteiger partial charge in [0, 0.05) is 23.4 Å². The van der Waals surface area contributed by atoms with Crippen LogP contribution in [-0.2, 0) is 6.54 Å². The maximum absolute atomic E-state index is 12.2. The maximum atomic E-state index is 12.2. The highest BCUT2D eigenvalue weighted by atomic mass is 16.5. The maximum Gasteiger partial charge on any atom is 0.277 e. The highest BCUT2D eigenvalue weighted by molar-refractivity contribution is 5.48. The van der Waals surface area contributed by atoms with E-state index in [2.05, 4.69) is 20.4 Å². The van der Waals surface area contributed by atoms with E-state index in [0.29, 0.717) is 41.0 Å². The fourth-order valence-corrected chi connectivity index (χ4v) is 2.45. The molecule has 0 aliphatic rings. The number of hydrogen-bond acceptors (Lipinski definition) is 6. The molecular formula is C16H19N5O3. The molecule has 0 aliphatic carbocycles. The molecule has 2 heterocycles. The van der Waals surface area contributed by atoms with Crippen molar-refractivity contribution >= 4 is 11.7 Å². The van der Waals surface area contributed by atoms with Gasteiger partial charge in [0.25, 0.3) is 11.3 Å². The van der Waals surface area contributed by atoms with Crippen molar-refractivity contribution in [2.24, 2.45) is 0 Å². The number of aryl methyl sites for hydroxylation is 1. The first-order valence-electron chi connectivity index (χ1n) is 7.45. The Balaban J connectivity index is 1.89. The first kappa shape index (κ1) is 15.9. The average Bonchev–Trinajstić information content (AvgIpc) is 3.00. The number of hydrogen-bond donors (Lipinski definition) is 2. The number of aromatic amines is 1. The molecule has 0 radical (unpaired) electrons. The summed E-state index contributed by atoms with van der Waals surface area (Å²) in [6.07, 6.45) is 0. The van der Waals surface area contributed by atoms with E-state index < -0.39 is 0 Å². The molecule has 0 fully saturated rings. The van der Waals surface area contributed by atoms with Gasteiger partial charge in [-0.15, -0.1) is 0 Å². The summed E-state index contributed by atoms with van der Waals surface area (Å²) >= 11 is 0. The van der Waals surface area contributed by atoms with Gasteiger partial charge in [0.15, 0.2) is 11.5 Å². The number of nitrogens with zero attached hydrogens (tertiary/aromatic N) is 3. The smallest absolute Gasteiger partial charge is 0.277 e. The Labute approximate surface area is 138 Å². The lowest BCUT2D eigenvalue weighted by Gasteiger charge is -2.12. The van der Waals surface area contributed by atoms with Gasteiger partial charge in [0.05, 0.1) is 14.2 Å². The van der Waals surface area contributed by atoms with Crippen LogP contribution in [0, 0.1) is 13.8 Å². The first-order chi connectivity index (χ1) is 11.5. The molecular weight excluding hydrogens is 310 g/mol. The van der Waals surface area contributed by atoms with Crippen LogP contribution in [-0.4, -0.2) is 33.8 Å². The normalized spacial score (nSPS) is 10.8. The summed E-state index contributed by atoms with van der Waals surface area (Å²) in [5, 5.41) is 6.06. The summed E-state index contributed by atoms with van der Waals surface area (Å²) in [7, 11) is 3.19. The van der Waals surface area contributed by atoms with E-state index >= 15 is 0 Å². The van der Waals surface area contributed by atoms with Crippen molar-refractivity contribution in [3.63, 3.8) is 0 Å². The van der Waals surface area contributed by atoms with Crippen molar-refractivity contribution in [1.29, 1.82) is 0 Å². The molecule has 0 atom stereocenters. The van der Waals surface area contributed by atoms with Crippen LogP contribution in [0.4, 0.5) is 5.95 Å². The van der Waals surface area contributed by atoms with E-state index in [4.69, 9.17) is 9.47 Å². The topological polar surface area (TPSA) is 93.5 Å². The van der Waals surface area contributed by atoms with E-state index in [-0.39, 0.29) is 5.56 Å². The van der Waals surface area contributed by atoms with Gasteiger partial charge in [-0.05, 0) is 19.9 Å². The summed E-state index contributed by atoms with van der Waals surface area (Å²) in [6.45, 7) is 3.98. The zero-order valence-corrected chi connectivity index (χ0v) is 14.0. The predicted molar refractivity (Wildman–Crippen MR) is 90.0 cm³/mol. The Kier molecular flexibility index (Phi) is 4.11. The summed E-state index contributed by atoms with van der Waals surface area (Å²) < 4.78 is 12.0. The molecule has 8 nitrogen and oxygen atoms in total. The summed E-state index contributed by atoms with van der Waals surface area (Å²) in [5.74, 6) is 2.11. The van der Waals surface area contributed by atoms with E-state index in [9.17, 15) is 4.79 Å². The summed E-state index contributed by atoms with van der Waals surface area (Å²) in [4.78, 5) is 20.8. The summed E-state index contributed by atoms with van der Waals surface area (Å²) in [6, 6.07) is 5.64. The molecule has 0 saturated carbocycles. The highest BCUT2D eigenvalue weighted by Crippen LogP contribution is 2.30. The predicted octanol–water partition coefficient (Wildman–Crippen LogP) is 1.66. The number of H-pyrrole nitrogens is 1. The number of ether oxygens (including phenoxy) is 2. The molecule has 0 unspecified atom stereocenters. The number of anilines is 1. The standard InChI is InChI=1S/C16H19N5O3/c1-9-10(2)18-16-19-15(20-21(16)14(9)22)17-8-11-6-5-7-12(23-3)13(11)24-4/h5-7H,8H2,1-4H3,(H2,17,18,19,20). The molecule has 0 amide bonds. The van der Waals surface area contributed by atoms with Crippen molar-refractivity contribution in [2.75, 3.05) is 19.5 Å². The molecule has 0 bridgehead atoms. The number of aromatic nitrogens is 4. The van der Waals surface area contributed by atoms with Crippen LogP contribution in [0.25, 0.3) is 5.78 Å². The van der Waals surface area contributed by atoms with Crippen LogP contribution in [0.2, 0.25) is 0 Å². The third-order valence-electron chi connectivity index (χ3n) is 3.89. The van der Waals surface area contributed by atoms with Crippen LogP contribution in [0.15, 0.2) is 23.0 Å². The second kappa shape index (κ2) is 6.23. The third kappa shape index (κ3) is 2.66. The third-order valence-corrected chi connectivity index (χ3v) is 3.89. The zero-order valence-electron chi connectivity index (χ0n) is 14.0. The van der Waals surface area contributed by atoms with E-state index in [0.717, 1.165) is 5.56 Å². The number of para-hydroxylation sites is 1. The molecule has 24 heavy (non-hydrogen) atoms. The molecule has 126 valence electrons. The number of rotatable bonds is 5. The number of methoxy groups -OCH3 is 2. The van der Waals surface area contributed by atoms with Crippen LogP contribution in [0.3, 0.4) is 0 Å². The Bertz CT molecular complexity index is 945. The number of nitrogens with one attached hydrogen (secondary N) is 2. The minimum Gasteiger partial charge on any atom is -0.493 e. The largest absolute Gasteiger partial charge is 0.493 e. The van der Waals surface area contributed by atoms with Gasteiger partial charge < -0.3 is 14.8 Å². The number of fused-ring (bicyclic) bond motifs is 1. The SMILES string of the molecule is COc1cccc(CNc2nc3nc(C)c(C)c(=O)n3[nH]2)c1OC. The van der Waals surface area contributed by atoms with Gasteiger partial charge in [-0.3, -0.25) is 9.89 Å². The van der Waals surface area contributed by atoms with Crippen molar-refractivity contribution in [3.8, 4) is 11.5 Å². The molecule has 3 rings (SSSR count). The highest BCUT2D eigenvalue weighted by Gasteiger charge is 2.12. The molecule has 0 spiro atoms. The fraction of sp³-hybridized carbons (Fsp3) is 0.312. The van der Waals surface area contributed by atoms with Crippen LogP contribution < -0.4 is 20.3 Å². The molecule has 1 aromatic carbocycles. The molecule has 2 aromatic heterocycles. The van der Waals surface area contributed by atoms with Crippen LogP contribution >= 0.6 is 0 Å². The quantitative estimate of drug-likeness (QED) is 0.739. The van der Waals surface area contributed by atoms with E-state index in [1.807, 2.05) is 18.2 Å². The lowest BCUT2D eigenvalue weighted by molar-refractivity contribution is 0.352. The Morgan fingerprint density at radius 3 is 2.71 bits per heavy atom. The van der Waals surface area contributed by atoms with Gasteiger partial charge in [-0.2, -0.15) is 9.50 Å². The monoisotopic (exact) mass is 329 g/mol. The van der Waals surface area contributed by atoms with Crippen molar-refractivity contribution < 1.29 is 9.47 Å². The van der Waals surface area contributed by atoms with Crippen LogP contribution in [0.5, 0.6) is 11.5 Å². The minimum absolute atomic E-state index is 0.156. The Hall–Kier alpha value is -3.03. The molecule has 0 aliphatic heterocycles. The van der Waals surface area contributed by atoms with Gasteiger partial charge in [-0.25, -0.2) is 4.98 Å². The van der Waals surface area contributed by atoms with Crippen molar-refractivity contribution in [3.05, 3.63) is 45.4 Å². The van der Waals surface area contributed by atoms with Gasteiger partial charge in [0.2, 0.25) is 5.95 Å². The Morgan fingerprint density at radius 1 is 1.21 bits per heavy atom. The second-order valence-electron chi connectivity index (χ2n) is 5.34. The first-order valence-corrected chi connectivity index (χ1v) is 7.45. The van der Waals surface area contributed by atoms with Gasteiger partial charge >= 0.3 is 0 Å². The fourth-order valence-electron chi connectivity index (χ4n) is 2.45. The average molecular weight is 329 g/mol. The van der Waals surface area contributed by atoms with Crippen molar-refractivity contribution in [1.82, 2.24) is 19.6 Å². The zero-order chi connectivity index (χ0) is 17.3. The number of benzene rings is 1. The van der Waals surface area contributed by atoms with E-state index in [1.54, 1.807) is 28.1 Å². The summed E-state index contributed by atoms with van der Waals surface area (Å²) in [5.41, 5.74) is 2.02.